The van der Waals surface area contributed by atoms with Crippen molar-refractivity contribution in [3.05, 3.63) is 59.8 Å². The first kappa shape index (κ1) is 17.0. The Balaban J connectivity index is 1.47. The summed E-state index contributed by atoms with van der Waals surface area (Å²) in [7, 11) is 0. The van der Waals surface area contributed by atoms with Crippen molar-refractivity contribution >= 4 is 17.7 Å². The molecule has 3 rings (SSSR count). The summed E-state index contributed by atoms with van der Waals surface area (Å²) >= 11 is 1.69. The number of carbonyl (C=O) groups excluding carboxylic acids is 1. The van der Waals surface area contributed by atoms with Crippen molar-refractivity contribution in [3.63, 3.8) is 0 Å². The van der Waals surface area contributed by atoms with Crippen LogP contribution in [0.3, 0.4) is 0 Å². The topological polar surface area (TPSA) is 51.2 Å². The molecule has 0 unspecified atom stereocenters. The van der Waals surface area contributed by atoms with E-state index < -0.39 is 0 Å². The third-order valence-electron chi connectivity index (χ3n) is 4.00. The van der Waals surface area contributed by atoms with E-state index in [1.165, 1.54) is 12.0 Å². The van der Waals surface area contributed by atoms with Gasteiger partial charge in [0.05, 0.1) is 11.1 Å². The molecule has 4 nitrogen and oxygen atoms in total. The van der Waals surface area contributed by atoms with E-state index in [9.17, 15) is 4.79 Å². The van der Waals surface area contributed by atoms with Crippen molar-refractivity contribution in [1.29, 1.82) is 0 Å². The molecule has 1 amide bonds. The van der Waals surface area contributed by atoms with Crippen LogP contribution in [0.5, 0.6) is 0 Å². The summed E-state index contributed by atoms with van der Waals surface area (Å²) in [6.45, 7) is 1.40. The van der Waals surface area contributed by atoms with Gasteiger partial charge in [-0.3, -0.25) is 4.79 Å². The Bertz CT molecular complexity index is 640. The number of nitrogens with one attached hydrogen (secondary N) is 1. The molecular formula is C19H22N2O2S. The molecule has 1 aliphatic rings. The molecule has 1 saturated heterocycles. The fourth-order valence-electron chi connectivity index (χ4n) is 2.62. The maximum atomic E-state index is 12.2. The zero-order valence-corrected chi connectivity index (χ0v) is 14.4. The minimum atomic E-state index is -0.0342. The maximum Gasteiger partial charge on any atom is 0.251 e. The lowest BCUT2D eigenvalue weighted by Gasteiger charge is -2.22. The van der Waals surface area contributed by atoms with Gasteiger partial charge < -0.3 is 10.1 Å². The molecule has 126 valence electrons. The van der Waals surface area contributed by atoms with Gasteiger partial charge in [-0.05, 0) is 49.1 Å². The van der Waals surface area contributed by atoms with E-state index in [1.807, 2.05) is 42.5 Å². The van der Waals surface area contributed by atoms with Crippen molar-refractivity contribution in [1.82, 2.24) is 10.3 Å². The number of pyridine rings is 1. The van der Waals surface area contributed by atoms with E-state index in [-0.39, 0.29) is 12.0 Å². The lowest BCUT2D eigenvalue weighted by molar-refractivity contribution is 0.0169. The molecule has 1 fully saturated rings. The predicted molar refractivity (Wildman–Crippen MR) is 96.2 cm³/mol. The van der Waals surface area contributed by atoms with Crippen molar-refractivity contribution in [2.45, 2.75) is 36.1 Å². The van der Waals surface area contributed by atoms with E-state index in [1.54, 1.807) is 18.0 Å². The average Bonchev–Trinajstić information content (AvgIpc) is 2.66. The SMILES string of the molecule is O=C(NC[C@H]1CCCCO1)c1ccc(CSc2ccccn2)cc1. The Morgan fingerprint density at radius 2 is 2.08 bits per heavy atom. The summed E-state index contributed by atoms with van der Waals surface area (Å²) < 4.78 is 5.63. The number of aromatic nitrogens is 1. The number of hydrogen-bond acceptors (Lipinski definition) is 4. The monoisotopic (exact) mass is 342 g/mol. The Kier molecular flexibility index (Phi) is 6.26. The van der Waals surface area contributed by atoms with Crippen LogP contribution in [0.15, 0.2) is 53.7 Å². The maximum absolute atomic E-state index is 12.2. The van der Waals surface area contributed by atoms with Crippen LogP contribution in [0.1, 0.15) is 35.2 Å². The summed E-state index contributed by atoms with van der Waals surface area (Å²) in [6, 6.07) is 13.7. The Labute approximate surface area is 147 Å². The average molecular weight is 342 g/mol. The summed E-state index contributed by atoms with van der Waals surface area (Å²) in [6.07, 6.45) is 5.30. The van der Waals surface area contributed by atoms with Crippen LogP contribution in [-0.2, 0) is 10.5 Å². The van der Waals surface area contributed by atoms with Gasteiger partial charge in [-0.15, -0.1) is 11.8 Å². The molecule has 2 heterocycles. The molecule has 1 atom stereocenters. The molecule has 24 heavy (non-hydrogen) atoms. The molecule has 1 aliphatic heterocycles. The molecule has 0 spiro atoms. The number of hydrogen-bond donors (Lipinski definition) is 1. The quantitative estimate of drug-likeness (QED) is 0.814. The number of carbonyl (C=O) groups is 1. The van der Waals surface area contributed by atoms with Gasteiger partial charge in [-0.1, -0.05) is 18.2 Å². The van der Waals surface area contributed by atoms with Crippen molar-refractivity contribution in [2.75, 3.05) is 13.2 Å². The predicted octanol–water partition coefficient (Wildman–Crippen LogP) is 3.67. The Hall–Kier alpha value is -1.85. The van der Waals surface area contributed by atoms with Gasteiger partial charge in [0.1, 0.15) is 0 Å². The minimum absolute atomic E-state index is 0.0342. The second-order valence-corrected chi connectivity index (χ2v) is 6.85. The fourth-order valence-corrected chi connectivity index (χ4v) is 3.44. The van der Waals surface area contributed by atoms with E-state index in [0.29, 0.717) is 12.1 Å². The van der Waals surface area contributed by atoms with Gasteiger partial charge in [0, 0.05) is 30.7 Å². The smallest absolute Gasteiger partial charge is 0.251 e. The summed E-state index contributed by atoms with van der Waals surface area (Å²) in [5, 5.41) is 3.97. The van der Waals surface area contributed by atoms with Gasteiger partial charge in [-0.2, -0.15) is 0 Å². The number of amides is 1. The van der Waals surface area contributed by atoms with Crippen LogP contribution in [0.2, 0.25) is 0 Å². The first-order chi connectivity index (χ1) is 11.8. The Morgan fingerprint density at radius 1 is 1.21 bits per heavy atom. The zero-order chi connectivity index (χ0) is 16.6. The first-order valence-corrected chi connectivity index (χ1v) is 9.32. The highest BCUT2D eigenvalue weighted by Gasteiger charge is 2.15. The molecule has 1 N–H and O–H groups in total. The van der Waals surface area contributed by atoms with Gasteiger partial charge in [0.25, 0.3) is 5.91 Å². The lowest BCUT2D eigenvalue weighted by atomic mass is 10.1. The van der Waals surface area contributed by atoms with Crippen LogP contribution >= 0.6 is 11.8 Å². The number of benzene rings is 1. The molecule has 0 bridgehead atoms. The zero-order valence-electron chi connectivity index (χ0n) is 13.6. The fraction of sp³-hybridized carbons (Fsp3) is 0.368. The molecule has 0 saturated carbocycles. The standard InChI is InChI=1S/C19H22N2O2S/c22-19(21-13-17-5-2-4-12-23-17)16-9-7-15(8-10-16)14-24-18-6-1-3-11-20-18/h1,3,6-11,17H,2,4-5,12-14H2,(H,21,22)/t17-/m1/s1. The highest BCUT2D eigenvalue weighted by atomic mass is 32.2. The Morgan fingerprint density at radius 3 is 2.79 bits per heavy atom. The second-order valence-electron chi connectivity index (χ2n) is 5.85. The highest BCUT2D eigenvalue weighted by Crippen LogP contribution is 2.20. The van der Waals surface area contributed by atoms with Gasteiger partial charge in [0.15, 0.2) is 0 Å². The van der Waals surface area contributed by atoms with Gasteiger partial charge in [-0.25, -0.2) is 4.98 Å². The molecule has 0 radical (unpaired) electrons. The third-order valence-corrected chi connectivity index (χ3v) is 5.02. The van der Waals surface area contributed by atoms with Crippen molar-refractivity contribution in [3.8, 4) is 0 Å². The number of nitrogens with zero attached hydrogens (tertiary/aromatic N) is 1. The molecule has 5 heteroatoms. The summed E-state index contributed by atoms with van der Waals surface area (Å²) in [5.74, 6) is 0.808. The molecule has 0 aliphatic carbocycles. The summed E-state index contributed by atoms with van der Waals surface area (Å²) in [4.78, 5) is 16.5. The lowest BCUT2D eigenvalue weighted by Crippen LogP contribution is -2.35. The van der Waals surface area contributed by atoms with E-state index in [0.717, 1.165) is 30.2 Å². The summed E-state index contributed by atoms with van der Waals surface area (Å²) in [5.41, 5.74) is 1.87. The number of thioether (sulfide) groups is 1. The second kappa shape index (κ2) is 8.85. The van der Waals surface area contributed by atoms with Crippen LogP contribution < -0.4 is 5.32 Å². The minimum Gasteiger partial charge on any atom is -0.376 e. The third kappa shape index (κ3) is 5.08. The highest BCUT2D eigenvalue weighted by molar-refractivity contribution is 7.98. The van der Waals surface area contributed by atoms with Crippen LogP contribution in [0.25, 0.3) is 0 Å². The first-order valence-electron chi connectivity index (χ1n) is 8.34. The van der Waals surface area contributed by atoms with Crippen molar-refractivity contribution < 1.29 is 9.53 Å². The largest absolute Gasteiger partial charge is 0.376 e. The molecule has 2 aromatic rings. The van der Waals surface area contributed by atoms with E-state index >= 15 is 0 Å². The van der Waals surface area contributed by atoms with Crippen LogP contribution in [0.4, 0.5) is 0 Å². The normalized spacial score (nSPS) is 17.4. The van der Waals surface area contributed by atoms with E-state index in [4.69, 9.17) is 4.74 Å². The van der Waals surface area contributed by atoms with Crippen LogP contribution in [0, 0.1) is 0 Å². The van der Waals surface area contributed by atoms with Crippen LogP contribution in [-0.4, -0.2) is 30.1 Å². The van der Waals surface area contributed by atoms with E-state index in [2.05, 4.69) is 10.3 Å². The molecule has 1 aromatic heterocycles. The van der Waals surface area contributed by atoms with Crippen molar-refractivity contribution in [2.24, 2.45) is 0 Å². The number of ether oxygens (including phenoxy) is 1. The molecule has 1 aromatic carbocycles. The number of rotatable bonds is 6. The van der Waals surface area contributed by atoms with Gasteiger partial charge in [0.2, 0.25) is 0 Å². The molecular weight excluding hydrogens is 320 g/mol. The van der Waals surface area contributed by atoms with Gasteiger partial charge >= 0.3 is 0 Å².